The third kappa shape index (κ3) is 3.39. The molecular formula is C26H26N3O5+. The predicted octanol–water partition coefficient (Wildman–Crippen LogP) is 2.67. The second kappa shape index (κ2) is 8.81. The fourth-order valence-corrected chi connectivity index (χ4v) is 4.59. The van der Waals surface area contributed by atoms with Gasteiger partial charge in [-0.05, 0) is 31.2 Å². The van der Waals surface area contributed by atoms with Crippen LogP contribution < -0.4 is 14.4 Å². The quantitative estimate of drug-likeness (QED) is 0.368. The van der Waals surface area contributed by atoms with Gasteiger partial charge in [0.15, 0.2) is 6.54 Å². The van der Waals surface area contributed by atoms with E-state index in [4.69, 9.17) is 4.42 Å². The van der Waals surface area contributed by atoms with Crippen LogP contribution in [0.25, 0.3) is 17.2 Å². The first-order valence-corrected chi connectivity index (χ1v) is 11.3. The van der Waals surface area contributed by atoms with Gasteiger partial charge in [-0.15, -0.1) is 0 Å². The number of fused-ring (bicyclic) bond motifs is 2. The number of nitrogens with zero attached hydrogens (tertiary/aromatic N) is 3. The van der Waals surface area contributed by atoms with Crippen LogP contribution in [0.15, 0.2) is 81.8 Å². The number of allylic oxidation sites excluding steroid dienone is 3. The fraction of sp³-hybridized carbons (Fsp3) is 0.231. The highest BCUT2D eigenvalue weighted by Crippen LogP contribution is 2.42. The van der Waals surface area contributed by atoms with Crippen molar-refractivity contribution in [3.63, 3.8) is 0 Å². The Balaban J connectivity index is 1.55. The zero-order valence-corrected chi connectivity index (χ0v) is 18.8. The highest BCUT2D eigenvalue weighted by molar-refractivity contribution is 6.23. The molecule has 0 fully saturated rings. The number of carbonyl (C=O) groups excluding carboxylic acids is 1. The number of β-amino-alcohol motifs (C(OH)–C–C–N with tert-alkyl or cyclic N) is 1. The lowest BCUT2D eigenvalue weighted by molar-refractivity contribution is -0.679. The molecule has 0 saturated carbocycles. The van der Waals surface area contributed by atoms with Gasteiger partial charge < -0.3 is 29.5 Å². The van der Waals surface area contributed by atoms with Crippen molar-refractivity contribution in [1.29, 1.82) is 0 Å². The van der Waals surface area contributed by atoms with E-state index >= 15 is 0 Å². The van der Waals surface area contributed by atoms with Crippen LogP contribution >= 0.6 is 0 Å². The predicted molar refractivity (Wildman–Crippen MR) is 128 cm³/mol. The monoisotopic (exact) mass is 460 g/mol. The molecule has 34 heavy (non-hydrogen) atoms. The Kier molecular flexibility index (Phi) is 5.69. The van der Waals surface area contributed by atoms with Gasteiger partial charge in [0.2, 0.25) is 11.4 Å². The molecule has 8 heteroatoms. The van der Waals surface area contributed by atoms with E-state index in [1.807, 2.05) is 60.4 Å². The molecule has 0 unspecified atom stereocenters. The van der Waals surface area contributed by atoms with E-state index in [1.165, 1.54) is 6.08 Å². The number of Topliss-reactive ketones (excluding diaryl/α,β-unsaturated/α-hetero) is 1. The van der Waals surface area contributed by atoms with Crippen molar-refractivity contribution >= 4 is 34.3 Å². The van der Waals surface area contributed by atoms with Crippen LogP contribution in [0.4, 0.5) is 11.4 Å². The molecule has 0 atom stereocenters. The number of carbonyl (C=O) groups is 1. The van der Waals surface area contributed by atoms with Gasteiger partial charge in [0.05, 0.1) is 35.2 Å². The molecule has 0 amide bonds. The lowest BCUT2D eigenvalue weighted by Gasteiger charge is -2.26. The second-order valence-electron chi connectivity index (χ2n) is 8.04. The van der Waals surface area contributed by atoms with Crippen LogP contribution in [0.1, 0.15) is 12.8 Å². The number of hydrogen-bond donors (Lipinski definition) is 3. The Hall–Kier alpha value is -3.88. The standard InChI is InChI=1S/C26H25N3O5/c1-2-27-19-7-3-4-8-20(19)28(11-13-30)23(27)15-17-25(32)18(26(17)33)16-24-29(12-14-31)21-9-5-6-10-22(21)34-24/h3-10,15-16,30-31H,2,11-14H2,1H3/p+1. The maximum Gasteiger partial charge on any atom is 0.375 e. The molecule has 1 aliphatic heterocycles. The van der Waals surface area contributed by atoms with Gasteiger partial charge in [0.1, 0.15) is 18.2 Å². The van der Waals surface area contributed by atoms with E-state index < -0.39 is 0 Å². The van der Waals surface area contributed by atoms with Crippen molar-refractivity contribution in [2.75, 3.05) is 36.1 Å². The minimum Gasteiger partial charge on any atom is -0.506 e. The number of aliphatic hydroxyl groups excluding tert-OH is 3. The van der Waals surface area contributed by atoms with Gasteiger partial charge in [-0.25, -0.2) is 0 Å². The number of oxazole rings is 1. The Morgan fingerprint density at radius 2 is 1.68 bits per heavy atom. The lowest BCUT2D eigenvalue weighted by Crippen LogP contribution is -2.37. The summed E-state index contributed by atoms with van der Waals surface area (Å²) < 4.78 is 7.65. The number of aliphatic hydroxyl groups is 3. The average molecular weight is 461 g/mol. The van der Waals surface area contributed by atoms with Crippen LogP contribution in [-0.2, 0) is 11.3 Å². The number of rotatable bonds is 7. The molecule has 0 spiro atoms. The first kappa shape index (κ1) is 21.9. The molecule has 2 aliphatic rings. The molecular weight excluding hydrogens is 434 g/mol. The summed E-state index contributed by atoms with van der Waals surface area (Å²) in [5.74, 6) is 0.703. The van der Waals surface area contributed by atoms with E-state index in [9.17, 15) is 20.1 Å². The molecule has 0 saturated heterocycles. The minimum absolute atomic E-state index is 0.0513. The van der Waals surface area contributed by atoms with Crippen LogP contribution in [-0.4, -0.2) is 47.4 Å². The van der Waals surface area contributed by atoms with Gasteiger partial charge in [-0.1, -0.05) is 24.3 Å². The fourth-order valence-electron chi connectivity index (χ4n) is 4.59. The molecule has 174 valence electrons. The van der Waals surface area contributed by atoms with Gasteiger partial charge in [0.25, 0.3) is 5.52 Å². The molecule has 3 N–H and O–H groups in total. The third-order valence-electron chi connectivity index (χ3n) is 6.16. The van der Waals surface area contributed by atoms with Crippen molar-refractivity contribution in [2.45, 2.75) is 13.5 Å². The lowest BCUT2D eigenvalue weighted by atomic mass is 9.87. The zero-order valence-electron chi connectivity index (χ0n) is 18.8. The summed E-state index contributed by atoms with van der Waals surface area (Å²) in [5.41, 5.74) is 3.72. The Bertz CT molecular complexity index is 1370. The Morgan fingerprint density at radius 3 is 2.35 bits per heavy atom. The zero-order chi connectivity index (χ0) is 23.8. The molecule has 1 aromatic heterocycles. The number of aromatic nitrogens is 1. The number of benzene rings is 2. The largest absolute Gasteiger partial charge is 0.506 e. The van der Waals surface area contributed by atoms with Gasteiger partial charge >= 0.3 is 5.89 Å². The second-order valence-corrected chi connectivity index (χ2v) is 8.04. The highest BCUT2D eigenvalue weighted by atomic mass is 16.4. The van der Waals surface area contributed by atoms with Crippen LogP contribution in [0.2, 0.25) is 0 Å². The molecule has 2 aromatic carbocycles. The SMILES string of the molecule is CCN1/C(=C/C2=C(O)C(=C\c3oc4ccccc4[n+]3CCO)/C2=O)N(CCO)c2ccccc21. The maximum atomic E-state index is 13.1. The Morgan fingerprint density at radius 1 is 0.971 bits per heavy atom. The first-order valence-electron chi connectivity index (χ1n) is 11.3. The van der Waals surface area contributed by atoms with Crippen molar-refractivity contribution < 1.29 is 29.1 Å². The third-order valence-corrected chi connectivity index (χ3v) is 6.16. The van der Waals surface area contributed by atoms with Gasteiger partial charge in [-0.2, -0.15) is 4.57 Å². The number of ketones is 1. The summed E-state index contributed by atoms with van der Waals surface area (Å²) in [6.07, 6.45) is 3.19. The summed E-state index contributed by atoms with van der Waals surface area (Å²) in [6, 6.07) is 15.2. The summed E-state index contributed by atoms with van der Waals surface area (Å²) in [4.78, 5) is 17.1. The van der Waals surface area contributed by atoms with E-state index in [2.05, 4.69) is 4.90 Å². The topological polar surface area (TPSA) is 101 Å². The normalized spacial score (nSPS) is 17.9. The van der Waals surface area contributed by atoms with Crippen LogP contribution in [0.5, 0.6) is 0 Å². The van der Waals surface area contributed by atoms with E-state index in [0.29, 0.717) is 31.1 Å². The summed E-state index contributed by atoms with van der Waals surface area (Å²) >= 11 is 0. The van der Waals surface area contributed by atoms with Crippen LogP contribution in [0.3, 0.4) is 0 Å². The smallest absolute Gasteiger partial charge is 0.375 e. The maximum absolute atomic E-state index is 13.1. The number of anilines is 2. The van der Waals surface area contributed by atoms with Crippen molar-refractivity contribution in [3.8, 4) is 0 Å². The molecule has 2 heterocycles. The van der Waals surface area contributed by atoms with Crippen molar-refractivity contribution in [1.82, 2.24) is 0 Å². The molecule has 0 bridgehead atoms. The molecule has 8 nitrogen and oxygen atoms in total. The molecule has 0 radical (unpaired) electrons. The minimum atomic E-state index is -0.294. The van der Waals surface area contributed by atoms with E-state index in [1.54, 1.807) is 10.6 Å². The summed E-state index contributed by atoms with van der Waals surface area (Å²) in [6.45, 7) is 3.19. The van der Waals surface area contributed by atoms with Gasteiger partial charge in [0, 0.05) is 19.2 Å². The van der Waals surface area contributed by atoms with Crippen LogP contribution in [0, 0.1) is 0 Å². The molecule has 3 aromatic rings. The van der Waals surface area contributed by atoms with E-state index in [-0.39, 0.29) is 35.9 Å². The Labute approximate surface area is 196 Å². The highest BCUT2D eigenvalue weighted by Gasteiger charge is 2.37. The van der Waals surface area contributed by atoms with Gasteiger partial charge in [-0.3, -0.25) is 4.79 Å². The first-order chi connectivity index (χ1) is 16.6. The number of hydrogen-bond acceptors (Lipinski definition) is 7. The molecule has 5 rings (SSSR count). The van der Waals surface area contributed by atoms with E-state index in [0.717, 1.165) is 22.7 Å². The average Bonchev–Trinajstić information content (AvgIpc) is 3.36. The summed E-state index contributed by atoms with van der Waals surface area (Å²) in [5, 5.41) is 29.9. The summed E-state index contributed by atoms with van der Waals surface area (Å²) in [7, 11) is 0. The number of para-hydroxylation sites is 4. The van der Waals surface area contributed by atoms with Crippen molar-refractivity contribution in [2.24, 2.45) is 0 Å². The molecule has 1 aliphatic carbocycles. The van der Waals surface area contributed by atoms with Crippen molar-refractivity contribution in [3.05, 3.63) is 83.2 Å².